The average Bonchev–Trinajstić information content (AvgIpc) is 2.70. The van der Waals surface area contributed by atoms with E-state index in [1.807, 2.05) is 11.8 Å². The summed E-state index contributed by atoms with van der Waals surface area (Å²) in [4.78, 5) is 27.0. The lowest BCUT2D eigenvalue weighted by molar-refractivity contribution is 0.0939. The molecule has 3 rings (SSSR count). The first kappa shape index (κ1) is 21.3. The van der Waals surface area contributed by atoms with Gasteiger partial charge in [0.05, 0.1) is 20.3 Å². The van der Waals surface area contributed by atoms with Crippen molar-refractivity contribution < 1.29 is 13.2 Å². The van der Waals surface area contributed by atoms with Crippen molar-refractivity contribution >= 4 is 49.9 Å². The fourth-order valence-corrected chi connectivity index (χ4v) is 3.87. The van der Waals surface area contributed by atoms with Crippen LogP contribution in [0.15, 0.2) is 52.2 Å². The number of nitrogens with zero attached hydrogens (tertiary/aromatic N) is 2. The van der Waals surface area contributed by atoms with Crippen molar-refractivity contribution in [1.82, 2.24) is 20.0 Å². The van der Waals surface area contributed by atoms with Gasteiger partial charge < -0.3 is 0 Å². The molecule has 8 nitrogen and oxygen atoms in total. The fourth-order valence-electron chi connectivity index (χ4n) is 2.64. The van der Waals surface area contributed by atoms with Crippen LogP contribution in [0.25, 0.3) is 10.8 Å². The standard InChI is InChI=1S/C18H16Cl2N4O4S/c1-2-9-24-18(26)13-6-4-3-5-12(13)16(22-24)17(25)21-23-29(27,28)11-7-8-14(19)15(20)10-11/h3-8,10,23H,2,9H2,1H3,(H,21,25). The molecule has 0 aliphatic heterocycles. The smallest absolute Gasteiger partial charge is 0.272 e. The van der Waals surface area contributed by atoms with E-state index >= 15 is 0 Å². The number of sulfonamides is 1. The van der Waals surface area contributed by atoms with Crippen LogP contribution in [0, 0.1) is 0 Å². The normalized spacial score (nSPS) is 11.6. The predicted molar refractivity (Wildman–Crippen MR) is 111 cm³/mol. The van der Waals surface area contributed by atoms with Crippen LogP contribution >= 0.6 is 23.2 Å². The number of nitrogens with one attached hydrogen (secondary N) is 2. The molecular formula is C18H16Cl2N4O4S. The number of hydrogen-bond donors (Lipinski definition) is 2. The summed E-state index contributed by atoms with van der Waals surface area (Å²) >= 11 is 11.6. The highest BCUT2D eigenvalue weighted by atomic mass is 35.5. The minimum atomic E-state index is -4.11. The van der Waals surface area contributed by atoms with Crippen LogP contribution in [0.4, 0.5) is 0 Å². The number of aryl methyl sites for hydroxylation is 1. The molecule has 0 radical (unpaired) electrons. The molecule has 0 bridgehead atoms. The molecule has 0 saturated carbocycles. The summed E-state index contributed by atoms with van der Waals surface area (Å²) in [7, 11) is -4.11. The van der Waals surface area contributed by atoms with Gasteiger partial charge in [0, 0.05) is 11.9 Å². The molecule has 0 fully saturated rings. The van der Waals surface area contributed by atoms with Crippen LogP contribution in [0.3, 0.4) is 0 Å². The van der Waals surface area contributed by atoms with Crippen LogP contribution in [-0.2, 0) is 16.6 Å². The van der Waals surface area contributed by atoms with E-state index in [1.165, 1.54) is 16.8 Å². The van der Waals surface area contributed by atoms with Crippen molar-refractivity contribution in [2.24, 2.45) is 0 Å². The van der Waals surface area contributed by atoms with Gasteiger partial charge in [0.25, 0.3) is 21.5 Å². The zero-order chi connectivity index (χ0) is 21.2. The lowest BCUT2D eigenvalue weighted by Gasteiger charge is -2.12. The third-order valence-electron chi connectivity index (χ3n) is 4.02. The molecule has 3 aromatic rings. The first-order chi connectivity index (χ1) is 13.7. The lowest BCUT2D eigenvalue weighted by Crippen LogP contribution is -2.42. The zero-order valence-electron chi connectivity index (χ0n) is 15.1. The van der Waals surface area contributed by atoms with E-state index in [2.05, 4.69) is 10.5 Å². The number of fused-ring (bicyclic) bond motifs is 1. The molecule has 0 saturated heterocycles. The molecule has 152 valence electrons. The van der Waals surface area contributed by atoms with Gasteiger partial charge in [-0.1, -0.05) is 48.3 Å². The first-order valence-corrected chi connectivity index (χ1v) is 10.8. The molecule has 1 aromatic heterocycles. The number of benzene rings is 2. The molecule has 1 heterocycles. The van der Waals surface area contributed by atoms with Gasteiger partial charge in [-0.25, -0.2) is 13.1 Å². The predicted octanol–water partition coefficient (Wildman–Crippen LogP) is 2.74. The average molecular weight is 455 g/mol. The van der Waals surface area contributed by atoms with Gasteiger partial charge in [0.15, 0.2) is 5.69 Å². The molecule has 0 atom stereocenters. The highest BCUT2D eigenvalue weighted by Crippen LogP contribution is 2.24. The number of halogens is 2. The highest BCUT2D eigenvalue weighted by Gasteiger charge is 2.20. The van der Waals surface area contributed by atoms with Crippen LogP contribution < -0.4 is 15.8 Å². The summed E-state index contributed by atoms with van der Waals surface area (Å²) in [6.07, 6.45) is 0.635. The Morgan fingerprint density at radius 3 is 2.45 bits per heavy atom. The Hall–Kier alpha value is -2.46. The second-order valence-corrected chi connectivity index (χ2v) is 8.55. The Morgan fingerprint density at radius 2 is 1.79 bits per heavy atom. The number of carbonyl (C=O) groups is 1. The van der Waals surface area contributed by atoms with Crippen molar-refractivity contribution in [3.63, 3.8) is 0 Å². The van der Waals surface area contributed by atoms with Crippen molar-refractivity contribution in [1.29, 1.82) is 0 Å². The second kappa shape index (κ2) is 8.50. The van der Waals surface area contributed by atoms with Gasteiger partial charge in [-0.15, -0.1) is 4.83 Å². The molecule has 11 heteroatoms. The number of carbonyl (C=O) groups excluding carboxylic acids is 1. The maximum atomic E-state index is 12.7. The van der Waals surface area contributed by atoms with Crippen LogP contribution in [0.1, 0.15) is 23.8 Å². The van der Waals surface area contributed by atoms with E-state index in [0.29, 0.717) is 23.7 Å². The summed E-state index contributed by atoms with van der Waals surface area (Å²) in [6.45, 7) is 2.19. The topological polar surface area (TPSA) is 110 Å². The Balaban J connectivity index is 1.93. The van der Waals surface area contributed by atoms with E-state index < -0.39 is 15.9 Å². The molecule has 29 heavy (non-hydrogen) atoms. The van der Waals surface area contributed by atoms with Crippen LogP contribution in [0.2, 0.25) is 10.0 Å². The van der Waals surface area contributed by atoms with Gasteiger partial charge in [-0.2, -0.15) is 5.10 Å². The molecule has 1 amide bonds. The Morgan fingerprint density at radius 1 is 1.10 bits per heavy atom. The van der Waals surface area contributed by atoms with Gasteiger partial charge in [-0.05, 0) is 30.7 Å². The molecular weight excluding hydrogens is 439 g/mol. The van der Waals surface area contributed by atoms with Crippen LogP contribution in [-0.4, -0.2) is 24.1 Å². The van der Waals surface area contributed by atoms with E-state index in [0.717, 1.165) is 6.07 Å². The maximum Gasteiger partial charge on any atom is 0.287 e. The number of aromatic nitrogens is 2. The van der Waals surface area contributed by atoms with Crippen LogP contribution in [0.5, 0.6) is 0 Å². The van der Waals surface area contributed by atoms with Gasteiger partial charge >= 0.3 is 0 Å². The third-order valence-corrected chi connectivity index (χ3v) is 6.00. The second-order valence-electron chi connectivity index (χ2n) is 6.06. The van der Waals surface area contributed by atoms with E-state index in [4.69, 9.17) is 23.2 Å². The zero-order valence-corrected chi connectivity index (χ0v) is 17.5. The van der Waals surface area contributed by atoms with E-state index in [-0.39, 0.29) is 26.2 Å². The summed E-state index contributed by atoms with van der Waals surface area (Å²) in [6, 6.07) is 10.2. The summed E-state index contributed by atoms with van der Waals surface area (Å²) in [5, 5.41) is 4.99. The van der Waals surface area contributed by atoms with Gasteiger partial charge in [0.1, 0.15) is 0 Å². The van der Waals surface area contributed by atoms with E-state index in [1.54, 1.807) is 24.3 Å². The van der Waals surface area contributed by atoms with Gasteiger partial charge in [0.2, 0.25) is 0 Å². The molecule has 2 aromatic carbocycles. The number of rotatable bonds is 6. The minimum Gasteiger partial charge on any atom is -0.272 e. The Bertz CT molecular complexity index is 1260. The third kappa shape index (κ3) is 4.43. The Kier molecular flexibility index (Phi) is 6.23. The molecule has 0 unspecified atom stereocenters. The number of hydrazine groups is 1. The number of amides is 1. The maximum absolute atomic E-state index is 12.7. The molecule has 0 aliphatic carbocycles. The fraction of sp³-hybridized carbons (Fsp3) is 0.167. The Labute approximate surface area is 176 Å². The monoisotopic (exact) mass is 454 g/mol. The quantitative estimate of drug-likeness (QED) is 0.556. The summed E-state index contributed by atoms with van der Waals surface area (Å²) in [5.41, 5.74) is 1.72. The van der Waals surface area contributed by atoms with Gasteiger partial charge in [-0.3, -0.25) is 15.0 Å². The summed E-state index contributed by atoms with van der Waals surface area (Å²) < 4.78 is 26.0. The highest BCUT2D eigenvalue weighted by molar-refractivity contribution is 7.89. The number of hydrogen-bond acceptors (Lipinski definition) is 5. The summed E-state index contributed by atoms with van der Waals surface area (Å²) in [5.74, 6) is -0.810. The largest absolute Gasteiger partial charge is 0.287 e. The first-order valence-electron chi connectivity index (χ1n) is 8.51. The van der Waals surface area contributed by atoms with Crippen molar-refractivity contribution in [3.8, 4) is 0 Å². The molecule has 0 aliphatic rings. The minimum absolute atomic E-state index is 0.0557. The lowest BCUT2D eigenvalue weighted by atomic mass is 10.1. The molecule has 0 spiro atoms. The van der Waals surface area contributed by atoms with Crippen molar-refractivity contribution in [2.45, 2.75) is 24.8 Å². The molecule has 2 N–H and O–H groups in total. The van der Waals surface area contributed by atoms with Crippen molar-refractivity contribution in [2.75, 3.05) is 0 Å². The van der Waals surface area contributed by atoms with Crippen molar-refractivity contribution in [3.05, 3.63) is 68.6 Å². The SMILES string of the molecule is CCCn1nc(C(=O)NNS(=O)(=O)c2ccc(Cl)c(Cl)c2)c2ccccc2c1=O. The van der Waals surface area contributed by atoms with E-state index in [9.17, 15) is 18.0 Å².